The minimum atomic E-state index is -0.583. The Bertz CT molecular complexity index is 1080. The van der Waals surface area contributed by atoms with E-state index in [2.05, 4.69) is 37.4 Å². The van der Waals surface area contributed by atoms with Crippen LogP contribution in [0.4, 0.5) is 0 Å². The van der Waals surface area contributed by atoms with Gasteiger partial charge in [0.15, 0.2) is 0 Å². The molecule has 0 aliphatic heterocycles. The average Bonchev–Trinajstić information content (AvgIpc) is 2.86. The summed E-state index contributed by atoms with van der Waals surface area (Å²) >= 11 is 1.51. The maximum absolute atomic E-state index is 13.7. The molecule has 0 bridgehead atoms. The standard InChI is InChI=1S/C30H36N2O2S/c1-4-5-18-31-30(34)28(20-25-11-7-6-8-12-25)32(21-26-13-9-10-24(3)19-26)29(33)22-35-27-16-14-23(2)15-17-27/h6-17,19,28H,4-5,18,20-22H2,1-3H3,(H,31,34)/t28-/m0/s1. The van der Waals surface area contributed by atoms with E-state index in [1.165, 1.54) is 17.3 Å². The first-order chi connectivity index (χ1) is 17.0. The van der Waals surface area contributed by atoms with E-state index < -0.39 is 6.04 Å². The van der Waals surface area contributed by atoms with Crippen molar-refractivity contribution in [2.24, 2.45) is 0 Å². The molecule has 1 N–H and O–H groups in total. The monoisotopic (exact) mass is 488 g/mol. The zero-order chi connectivity index (χ0) is 25.0. The first-order valence-corrected chi connectivity index (χ1v) is 13.3. The highest BCUT2D eigenvalue weighted by Crippen LogP contribution is 2.22. The van der Waals surface area contributed by atoms with Gasteiger partial charge in [0.1, 0.15) is 6.04 Å². The summed E-state index contributed by atoms with van der Waals surface area (Å²) in [5.74, 6) is 0.148. The van der Waals surface area contributed by atoms with Gasteiger partial charge in [0.05, 0.1) is 5.75 Å². The highest BCUT2D eigenvalue weighted by Gasteiger charge is 2.30. The molecular formula is C30H36N2O2S. The Morgan fingerprint density at radius 2 is 1.60 bits per heavy atom. The molecule has 2 amide bonds. The number of thioether (sulfide) groups is 1. The van der Waals surface area contributed by atoms with E-state index in [1.54, 1.807) is 4.90 Å². The summed E-state index contributed by atoms with van der Waals surface area (Å²) in [4.78, 5) is 29.9. The lowest BCUT2D eigenvalue weighted by Gasteiger charge is -2.31. The Hall–Kier alpha value is -3.05. The largest absolute Gasteiger partial charge is 0.354 e. The highest BCUT2D eigenvalue weighted by molar-refractivity contribution is 8.00. The molecule has 184 valence electrons. The second-order valence-electron chi connectivity index (χ2n) is 8.96. The fourth-order valence-corrected chi connectivity index (χ4v) is 4.71. The fraction of sp³-hybridized carbons (Fsp3) is 0.333. The second kappa shape index (κ2) is 13.7. The third kappa shape index (κ3) is 8.59. The Morgan fingerprint density at radius 1 is 0.886 bits per heavy atom. The number of aryl methyl sites for hydroxylation is 2. The summed E-state index contributed by atoms with van der Waals surface area (Å²) in [7, 11) is 0. The van der Waals surface area contributed by atoms with Crippen LogP contribution in [0.1, 0.15) is 42.0 Å². The van der Waals surface area contributed by atoms with Gasteiger partial charge in [-0.15, -0.1) is 11.8 Å². The molecule has 0 radical (unpaired) electrons. The Labute approximate surface area is 214 Å². The molecule has 35 heavy (non-hydrogen) atoms. The van der Waals surface area contributed by atoms with Gasteiger partial charge in [-0.1, -0.05) is 91.2 Å². The van der Waals surface area contributed by atoms with Gasteiger partial charge in [0, 0.05) is 24.4 Å². The number of amides is 2. The van der Waals surface area contributed by atoms with E-state index in [4.69, 9.17) is 0 Å². The van der Waals surface area contributed by atoms with Crippen LogP contribution in [0, 0.1) is 13.8 Å². The van der Waals surface area contributed by atoms with Gasteiger partial charge < -0.3 is 10.2 Å². The van der Waals surface area contributed by atoms with Crippen molar-refractivity contribution in [3.63, 3.8) is 0 Å². The molecule has 3 rings (SSSR count). The minimum Gasteiger partial charge on any atom is -0.354 e. The molecule has 1 atom stereocenters. The molecule has 4 nitrogen and oxygen atoms in total. The average molecular weight is 489 g/mol. The summed E-state index contributed by atoms with van der Waals surface area (Å²) in [5, 5.41) is 3.08. The molecule has 3 aromatic carbocycles. The number of unbranched alkanes of at least 4 members (excludes halogenated alkanes) is 1. The first-order valence-electron chi connectivity index (χ1n) is 12.3. The molecule has 0 aliphatic carbocycles. The summed E-state index contributed by atoms with van der Waals surface area (Å²) in [6.07, 6.45) is 2.40. The van der Waals surface area contributed by atoms with Crippen LogP contribution in [-0.2, 0) is 22.6 Å². The molecule has 0 unspecified atom stereocenters. The van der Waals surface area contributed by atoms with Crippen LogP contribution >= 0.6 is 11.8 Å². The van der Waals surface area contributed by atoms with E-state index in [-0.39, 0.29) is 17.6 Å². The van der Waals surface area contributed by atoms with E-state index in [0.717, 1.165) is 34.4 Å². The van der Waals surface area contributed by atoms with Gasteiger partial charge in [0.2, 0.25) is 11.8 Å². The van der Waals surface area contributed by atoms with Crippen molar-refractivity contribution < 1.29 is 9.59 Å². The lowest BCUT2D eigenvalue weighted by atomic mass is 10.0. The molecule has 5 heteroatoms. The van der Waals surface area contributed by atoms with E-state index in [1.807, 2.05) is 67.6 Å². The number of benzene rings is 3. The van der Waals surface area contributed by atoms with Gasteiger partial charge in [-0.25, -0.2) is 0 Å². The molecule has 0 heterocycles. The van der Waals surface area contributed by atoms with Gasteiger partial charge in [-0.05, 0) is 43.5 Å². The summed E-state index contributed by atoms with van der Waals surface area (Å²) in [5.41, 5.74) is 4.39. The fourth-order valence-electron chi connectivity index (χ4n) is 3.93. The lowest BCUT2D eigenvalue weighted by molar-refractivity contribution is -0.139. The van der Waals surface area contributed by atoms with E-state index in [9.17, 15) is 9.59 Å². The van der Waals surface area contributed by atoms with Crippen molar-refractivity contribution in [2.75, 3.05) is 12.3 Å². The number of rotatable bonds is 12. The number of nitrogens with zero attached hydrogens (tertiary/aromatic N) is 1. The van der Waals surface area contributed by atoms with Gasteiger partial charge >= 0.3 is 0 Å². The van der Waals surface area contributed by atoms with Crippen LogP contribution in [0.25, 0.3) is 0 Å². The third-order valence-electron chi connectivity index (χ3n) is 5.92. The second-order valence-corrected chi connectivity index (χ2v) is 10.0. The third-order valence-corrected chi connectivity index (χ3v) is 6.92. The van der Waals surface area contributed by atoms with Crippen molar-refractivity contribution in [2.45, 2.75) is 57.5 Å². The van der Waals surface area contributed by atoms with Gasteiger partial charge in [0.25, 0.3) is 0 Å². The molecule has 0 spiro atoms. The minimum absolute atomic E-state index is 0.0383. The van der Waals surface area contributed by atoms with Crippen LogP contribution in [0.15, 0.2) is 83.8 Å². The number of hydrogen-bond donors (Lipinski definition) is 1. The molecule has 0 fully saturated rings. The molecule has 0 saturated carbocycles. The predicted molar refractivity (Wildman–Crippen MR) is 145 cm³/mol. The number of nitrogens with one attached hydrogen (secondary N) is 1. The van der Waals surface area contributed by atoms with Gasteiger partial charge in [-0.3, -0.25) is 9.59 Å². The maximum atomic E-state index is 13.7. The van der Waals surface area contributed by atoms with Crippen molar-refractivity contribution in [3.8, 4) is 0 Å². The first kappa shape index (κ1) is 26.6. The molecule has 0 saturated heterocycles. The normalized spacial score (nSPS) is 11.6. The Kier molecular flexibility index (Phi) is 10.4. The lowest BCUT2D eigenvalue weighted by Crippen LogP contribution is -2.51. The quantitative estimate of drug-likeness (QED) is 0.253. The van der Waals surface area contributed by atoms with Crippen LogP contribution in [0.5, 0.6) is 0 Å². The smallest absolute Gasteiger partial charge is 0.243 e. The van der Waals surface area contributed by atoms with Crippen LogP contribution < -0.4 is 5.32 Å². The molecule has 0 aliphatic rings. The van der Waals surface area contributed by atoms with Crippen LogP contribution in [0.2, 0.25) is 0 Å². The zero-order valence-electron chi connectivity index (χ0n) is 21.0. The number of hydrogen-bond acceptors (Lipinski definition) is 3. The summed E-state index contributed by atoms with van der Waals surface area (Å²) < 4.78 is 0. The maximum Gasteiger partial charge on any atom is 0.243 e. The number of carbonyl (C=O) groups is 2. The highest BCUT2D eigenvalue weighted by atomic mass is 32.2. The summed E-state index contributed by atoms with van der Waals surface area (Å²) in [6, 6.07) is 25.7. The van der Waals surface area contributed by atoms with Crippen molar-refractivity contribution in [1.29, 1.82) is 0 Å². The zero-order valence-corrected chi connectivity index (χ0v) is 21.8. The Balaban J connectivity index is 1.87. The topological polar surface area (TPSA) is 49.4 Å². The Morgan fingerprint density at radius 3 is 2.29 bits per heavy atom. The van der Waals surface area contributed by atoms with Crippen molar-refractivity contribution in [1.82, 2.24) is 10.2 Å². The SMILES string of the molecule is CCCCNC(=O)[C@H](Cc1ccccc1)N(Cc1cccc(C)c1)C(=O)CSc1ccc(C)cc1. The molecular weight excluding hydrogens is 452 g/mol. The van der Waals surface area contributed by atoms with E-state index in [0.29, 0.717) is 19.5 Å². The number of carbonyl (C=O) groups excluding carboxylic acids is 2. The molecule has 3 aromatic rings. The van der Waals surface area contributed by atoms with Crippen LogP contribution in [-0.4, -0.2) is 35.1 Å². The van der Waals surface area contributed by atoms with Crippen LogP contribution in [0.3, 0.4) is 0 Å². The van der Waals surface area contributed by atoms with Crippen molar-refractivity contribution in [3.05, 3.63) is 101 Å². The molecule has 0 aromatic heterocycles. The van der Waals surface area contributed by atoms with E-state index >= 15 is 0 Å². The summed E-state index contributed by atoms with van der Waals surface area (Å²) in [6.45, 7) is 7.21. The van der Waals surface area contributed by atoms with Gasteiger partial charge in [-0.2, -0.15) is 0 Å². The predicted octanol–water partition coefficient (Wildman–Crippen LogP) is 5.95. The van der Waals surface area contributed by atoms with Crippen molar-refractivity contribution >= 4 is 23.6 Å².